The predicted octanol–water partition coefficient (Wildman–Crippen LogP) is 4.66. The van der Waals surface area contributed by atoms with Crippen molar-refractivity contribution >= 4 is 64.1 Å². The summed E-state index contributed by atoms with van der Waals surface area (Å²) in [5.41, 5.74) is 1.47. The van der Waals surface area contributed by atoms with Gasteiger partial charge in [0.05, 0.1) is 16.5 Å². The number of hydrogen-bond donors (Lipinski definition) is 3. The number of nitrogens with one attached hydrogen (secondary N) is 2. The summed E-state index contributed by atoms with van der Waals surface area (Å²) >= 11 is 17.3. The van der Waals surface area contributed by atoms with Crippen LogP contribution >= 0.6 is 47.2 Å². The molecule has 1 heterocycles. The number of halogens is 2. The molecule has 1 aromatic heterocycles. The second-order valence-electron chi connectivity index (χ2n) is 5.53. The van der Waals surface area contributed by atoms with Crippen LogP contribution in [0.2, 0.25) is 10.0 Å². The lowest BCUT2D eigenvalue weighted by Crippen LogP contribution is -2.25. The van der Waals surface area contributed by atoms with Gasteiger partial charge < -0.3 is 10.6 Å². The van der Waals surface area contributed by atoms with Crippen molar-refractivity contribution in [1.82, 2.24) is 10.3 Å². The van der Waals surface area contributed by atoms with Crippen LogP contribution in [0.25, 0.3) is 11.3 Å². The standard InChI is InChI=1S/C17H19Cl2N3O2S2/c18-11-5-6-12(13(19)8-11)14-10-26-17(21-14)22-15(23)4-2-1-3-7-20-16(24)9-25/h5-6,8,10,25H,1-4,7,9H2,(H,20,24)(H,21,22,23). The van der Waals surface area contributed by atoms with Gasteiger partial charge in [-0.1, -0.05) is 29.6 Å². The van der Waals surface area contributed by atoms with Gasteiger partial charge in [-0.25, -0.2) is 4.98 Å². The highest BCUT2D eigenvalue weighted by Crippen LogP contribution is 2.32. The summed E-state index contributed by atoms with van der Waals surface area (Å²) in [5.74, 6) is 0.0401. The molecule has 1 aromatic carbocycles. The number of unbranched alkanes of at least 4 members (excludes halogenated alkanes) is 2. The van der Waals surface area contributed by atoms with Gasteiger partial charge >= 0.3 is 0 Å². The first kappa shape index (κ1) is 21.0. The molecule has 2 aromatic rings. The largest absolute Gasteiger partial charge is 0.355 e. The van der Waals surface area contributed by atoms with Gasteiger partial charge in [0.1, 0.15) is 0 Å². The fraction of sp³-hybridized carbons (Fsp3) is 0.353. The van der Waals surface area contributed by atoms with E-state index in [4.69, 9.17) is 23.2 Å². The van der Waals surface area contributed by atoms with E-state index in [1.165, 1.54) is 11.3 Å². The minimum absolute atomic E-state index is 0.0764. The quantitative estimate of drug-likeness (QED) is 0.399. The summed E-state index contributed by atoms with van der Waals surface area (Å²) < 4.78 is 0. The molecule has 2 amide bonds. The second-order valence-corrected chi connectivity index (χ2v) is 7.55. The van der Waals surface area contributed by atoms with Crippen LogP contribution in [0.3, 0.4) is 0 Å². The van der Waals surface area contributed by atoms with E-state index in [0.717, 1.165) is 24.8 Å². The first-order valence-corrected chi connectivity index (χ1v) is 10.3. The number of carbonyl (C=O) groups excluding carboxylic acids is 2. The fourth-order valence-electron chi connectivity index (χ4n) is 2.20. The first-order valence-electron chi connectivity index (χ1n) is 8.08. The van der Waals surface area contributed by atoms with Crippen LogP contribution < -0.4 is 10.6 Å². The van der Waals surface area contributed by atoms with Crippen LogP contribution in [-0.4, -0.2) is 29.1 Å². The second kappa shape index (κ2) is 10.8. The Labute approximate surface area is 171 Å². The highest BCUT2D eigenvalue weighted by Gasteiger charge is 2.11. The third-order valence-corrected chi connectivity index (χ3v) is 5.10. The Kier molecular flexibility index (Phi) is 8.71. The molecule has 26 heavy (non-hydrogen) atoms. The molecule has 5 nitrogen and oxygen atoms in total. The zero-order chi connectivity index (χ0) is 18.9. The number of thiol groups is 1. The molecular formula is C17H19Cl2N3O2S2. The molecule has 9 heteroatoms. The lowest BCUT2D eigenvalue weighted by atomic mass is 10.2. The third kappa shape index (κ3) is 6.79. The minimum atomic E-state index is -0.0774. The summed E-state index contributed by atoms with van der Waals surface area (Å²) in [4.78, 5) is 27.4. The van der Waals surface area contributed by atoms with E-state index in [1.807, 2.05) is 5.38 Å². The maximum absolute atomic E-state index is 12.0. The molecule has 0 atom stereocenters. The topological polar surface area (TPSA) is 71.1 Å². The Bertz CT molecular complexity index is 768. The lowest BCUT2D eigenvalue weighted by molar-refractivity contribution is -0.118. The van der Waals surface area contributed by atoms with Crippen LogP contribution in [0.5, 0.6) is 0 Å². The maximum Gasteiger partial charge on any atom is 0.229 e. The Hall–Kier alpha value is -1.28. The van der Waals surface area contributed by atoms with Gasteiger partial charge in [0.25, 0.3) is 0 Å². The highest BCUT2D eigenvalue weighted by molar-refractivity contribution is 7.81. The van der Waals surface area contributed by atoms with E-state index in [-0.39, 0.29) is 17.6 Å². The number of carbonyl (C=O) groups is 2. The summed E-state index contributed by atoms with van der Waals surface area (Å²) in [6, 6.07) is 5.21. The Morgan fingerprint density at radius 3 is 2.69 bits per heavy atom. The van der Waals surface area contributed by atoms with Crippen LogP contribution in [0.1, 0.15) is 25.7 Å². The summed E-state index contributed by atoms with van der Waals surface area (Å²) in [5, 5.41) is 9.01. The van der Waals surface area contributed by atoms with Crippen molar-refractivity contribution in [2.24, 2.45) is 0 Å². The Morgan fingerprint density at radius 2 is 1.96 bits per heavy atom. The molecule has 0 aliphatic carbocycles. The number of benzene rings is 1. The van der Waals surface area contributed by atoms with E-state index in [9.17, 15) is 9.59 Å². The van der Waals surface area contributed by atoms with Gasteiger partial charge in [0.15, 0.2) is 5.13 Å². The molecule has 0 saturated heterocycles. The molecule has 0 saturated carbocycles. The Balaban J connectivity index is 1.74. The number of aromatic nitrogens is 1. The van der Waals surface area contributed by atoms with E-state index >= 15 is 0 Å². The van der Waals surface area contributed by atoms with Crippen molar-refractivity contribution < 1.29 is 9.59 Å². The van der Waals surface area contributed by atoms with Crippen LogP contribution in [0.4, 0.5) is 5.13 Å². The van der Waals surface area contributed by atoms with Gasteiger partial charge in [-0.15, -0.1) is 11.3 Å². The summed E-state index contributed by atoms with van der Waals surface area (Å²) in [6.45, 7) is 0.610. The van der Waals surface area contributed by atoms with Gasteiger partial charge in [-0.3, -0.25) is 9.59 Å². The number of hydrogen-bond acceptors (Lipinski definition) is 5. The van der Waals surface area contributed by atoms with E-state index in [1.54, 1.807) is 18.2 Å². The van der Waals surface area contributed by atoms with Gasteiger partial charge in [-0.05, 0) is 31.0 Å². The third-order valence-electron chi connectivity index (χ3n) is 3.50. The zero-order valence-electron chi connectivity index (χ0n) is 13.9. The monoisotopic (exact) mass is 431 g/mol. The van der Waals surface area contributed by atoms with Crippen molar-refractivity contribution in [3.63, 3.8) is 0 Å². The van der Waals surface area contributed by atoms with Crippen molar-refractivity contribution in [3.05, 3.63) is 33.6 Å². The lowest BCUT2D eigenvalue weighted by Gasteiger charge is -2.04. The van der Waals surface area contributed by atoms with Crippen molar-refractivity contribution in [2.45, 2.75) is 25.7 Å². The molecule has 0 bridgehead atoms. The molecule has 0 radical (unpaired) electrons. The normalized spacial score (nSPS) is 10.6. The molecular weight excluding hydrogens is 413 g/mol. The number of thiazole rings is 1. The molecule has 0 aliphatic rings. The molecule has 0 fully saturated rings. The number of anilines is 1. The van der Waals surface area contributed by atoms with Crippen molar-refractivity contribution in [3.8, 4) is 11.3 Å². The number of amides is 2. The average Bonchev–Trinajstić information content (AvgIpc) is 3.05. The highest BCUT2D eigenvalue weighted by atomic mass is 35.5. The van der Waals surface area contributed by atoms with E-state index in [2.05, 4.69) is 28.2 Å². The average molecular weight is 432 g/mol. The van der Waals surface area contributed by atoms with Crippen molar-refractivity contribution in [2.75, 3.05) is 17.6 Å². The molecule has 0 spiro atoms. The maximum atomic E-state index is 12.0. The summed E-state index contributed by atoms with van der Waals surface area (Å²) in [7, 11) is 0. The van der Waals surface area contributed by atoms with E-state index < -0.39 is 0 Å². The zero-order valence-corrected chi connectivity index (χ0v) is 17.1. The van der Waals surface area contributed by atoms with Gasteiger partial charge in [0.2, 0.25) is 11.8 Å². The predicted molar refractivity (Wildman–Crippen MR) is 112 cm³/mol. The Morgan fingerprint density at radius 1 is 1.15 bits per heavy atom. The molecule has 2 rings (SSSR count). The first-order chi connectivity index (χ1) is 12.5. The van der Waals surface area contributed by atoms with E-state index in [0.29, 0.717) is 33.8 Å². The van der Waals surface area contributed by atoms with Crippen LogP contribution in [0.15, 0.2) is 23.6 Å². The molecule has 2 N–H and O–H groups in total. The SMILES string of the molecule is O=C(CS)NCCCCCC(=O)Nc1nc(-c2ccc(Cl)cc2Cl)cs1. The van der Waals surface area contributed by atoms with Crippen molar-refractivity contribution in [1.29, 1.82) is 0 Å². The van der Waals surface area contributed by atoms with Crippen LogP contribution in [-0.2, 0) is 9.59 Å². The van der Waals surface area contributed by atoms with Gasteiger partial charge in [-0.2, -0.15) is 12.6 Å². The van der Waals surface area contributed by atoms with Crippen LogP contribution in [0, 0.1) is 0 Å². The molecule has 0 aliphatic heterocycles. The minimum Gasteiger partial charge on any atom is -0.355 e. The smallest absolute Gasteiger partial charge is 0.229 e. The molecule has 140 valence electrons. The summed E-state index contributed by atoms with van der Waals surface area (Å²) in [6.07, 6.45) is 2.87. The van der Waals surface area contributed by atoms with Gasteiger partial charge in [0, 0.05) is 28.9 Å². The number of rotatable bonds is 9. The molecule has 0 unspecified atom stereocenters. The fourth-order valence-corrected chi connectivity index (χ4v) is 3.55. The number of nitrogens with zero attached hydrogens (tertiary/aromatic N) is 1.